The number of likely N-dealkylation sites (N-methyl/N-ethyl adjacent to an activating group) is 1. The van der Waals surface area contributed by atoms with Crippen LogP contribution in [0.2, 0.25) is 0 Å². The number of nitrogens with zero attached hydrogens (tertiary/aromatic N) is 2. The van der Waals surface area contributed by atoms with Crippen LogP contribution in [-0.2, 0) is 21.4 Å². The van der Waals surface area contributed by atoms with Crippen LogP contribution in [0.1, 0.15) is 5.56 Å². The number of benzene rings is 2. The van der Waals surface area contributed by atoms with Crippen LogP contribution in [0, 0.1) is 0 Å². The summed E-state index contributed by atoms with van der Waals surface area (Å²) in [5.74, 6) is -1.92. The van der Waals surface area contributed by atoms with Crippen molar-refractivity contribution in [1.29, 1.82) is 0 Å². The fraction of sp³-hybridized carbons (Fsp3) is 0.250. The quantitative estimate of drug-likeness (QED) is 0.637. The van der Waals surface area contributed by atoms with E-state index in [0.717, 1.165) is 29.8 Å². The fourth-order valence-corrected chi connectivity index (χ4v) is 4.47. The zero-order chi connectivity index (χ0) is 22.8. The molecule has 0 fully saturated rings. The predicted octanol–water partition coefficient (Wildman–Crippen LogP) is 3.34. The van der Waals surface area contributed by atoms with Gasteiger partial charge in [-0.2, -0.15) is 13.2 Å². The standard InChI is InChI=1S/C18H18N2O3S.C2HF3O2/c1-19-11-12-23-18-8-7-17-15(16(18)13-19)9-10-20(17)24(21,22)14-5-3-2-4-6-14;3-2(4,5)1(6)7/h2-10H,11-13H2,1H3;(H,6,7). The summed E-state index contributed by atoms with van der Waals surface area (Å²) in [6.45, 7) is 2.22. The van der Waals surface area contributed by atoms with Crippen molar-refractivity contribution in [2.24, 2.45) is 0 Å². The summed E-state index contributed by atoms with van der Waals surface area (Å²) in [5.41, 5.74) is 1.71. The van der Waals surface area contributed by atoms with Crippen LogP contribution in [0.15, 0.2) is 59.6 Å². The van der Waals surface area contributed by atoms with Crippen molar-refractivity contribution in [2.45, 2.75) is 17.6 Å². The third-order valence-electron chi connectivity index (χ3n) is 4.61. The minimum Gasteiger partial charge on any atom is -0.492 e. The highest BCUT2D eigenvalue weighted by Gasteiger charge is 2.38. The van der Waals surface area contributed by atoms with Crippen molar-refractivity contribution in [3.63, 3.8) is 0 Å². The Balaban J connectivity index is 0.000000339. The monoisotopic (exact) mass is 456 g/mol. The zero-order valence-corrected chi connectivity index (χ0v) is 17.2. The number of hydrogen-bond donors (Lipinski definition) is 1. The first kappa shape index (κ1) is 22.6. The van der Waals surface area contributed by atoms with Gasteiger partial charge < -0.3 is 9.84 Å². The van der Waals surface area contributed by atoms with Gasteiger partial charge in [0.25, 0.3) is 10.0 Å². The number of aromatic nitrogens is 1. The maximum absolute atomic E-state index is 12.9. The lowest BCUT2D eigenvalue weighted by molar-refractivity contribution is -0.192. The van der Waals surface area contributed by atoms with Crippen LogP contribution in [0.3, 0.4) is 0 Å². The van der Waals surface area contributed by atoms with E-state index >= 15 is 0 Å². The lowest BCUT2D eigenvalue weighted by Gasteiger charge is -2.13. The largest absolute Gasteiger partial charge is 0.492 e. The summed E-state index contributed by atoms with van der Waals surface area (Å²) >= 11 is 0. The van der Waals surface area contributed by atoms with Crippen molar-refractivity contribution in [3.05, 3.63) is 60.3 Å². The maximum Gasteiger partial charge on any atom is 0.490 e. The predicted molar refractivity (Wildman–Crippen MR) is 106 cm³/mol. The second kappa shape index (κ2) is 8.60. The molecule has 0 saturated carbocycles. The average molecular weight is 456 g/mol. The zero-order valence-electron chi connectivity index (χ0n) is 16.3. The number of carboxylic acid groups (broad SMARTS) is 1. The van der Waals surface area contributed by atoms with E-state index in [9.17, 15) is 21.6 Å². The number of aliphatic carboxylic acids is 1. The van der Waals surface area contributed by atoms with Gasteiger partial charge in [0.2, 0.25) is 0 Å². The highest BCUT2D eigenvalue weighted by molar-refractivity contribution is 7.90. The molecule has 3 aromatic rings. The van der Waals surface area contributed by atoms with Gasteiger partial charge in [0.05, 0.1) is 10.4 Å². The van der Waals surface area contributed by atoms with Gasteiger partial charge in [0, 0.05) is 30.2 Å². The molecule has 11 heteroatoms. The normalized spacial score (nSPS) is 14.7. The molecule has 2 heterocycles. The van der Waals surface area contributed by atoms with E-state index < -0.39 is 22.2 Å². The minimum absolute atomic E-state index is 0.283. The molecule has 2 aromatic carbocycles. The molecule has 0 atom stereocenters. The molecule has 0 unspecified atom stereocenters. The van der Waals surface area contributed by atoms with Crippen molar-refractivity contribution >= 4 is 26.9 Å². The van der Waals surface area contributed by atoms with Crippen LogP contribution >= 0.6 is 0 Å². The fourth-order valence-electron chi connectivity index (χ4n) is 3.11. The van der Waals surface area contributed by atoms with Crippen LogP contribution in [0.5, 0.6) is 5.75 Å². The first-order valence-corrected chi connectivity index (χ1v) is 10.5. The molecule has 1 aromatic heterocycles. The lowest BCUT2D eigenvalue weighted by Crippen LogP contribution is -2.21. The van der Waals surface area contributed by atoms with Crippen molar-refractivity contribution in [1.82, 2.24) is 8.87 Å². The molecule has 166 valence electrons. The van der Waals surface area contributed by atoms with Gasteiger partial charge in [-0.25, -0.2) is 17.2 Å². The summed E-state index contributed by atoms with van der Waals surface area (Å²) in [6.07, 6.45) is -3.46. The molecule has 1 aliphatic rings. The first-order chi connectivity index (χ1) is 14.5. The number of alkyl halides is 3. The molecule has 0 saturated heterocycles. The van der Waals surface area contributed by atoms with Crippen LogP contribution in [0.25, 0.3) is 10.9 Å². The van der Waals surface area contributed by atoms with Crippen LogP contribution < -0.4 is 4.74 Å². The Kier molecular flexibility index (Phi) is 6.27. The van der Waals surface area contributed by atoms with Gasteiger partial charge >= 0.3 is 12.1 Å². The molecular formula is C20H19F3N2O5S. The van der Waals surface area contributed by atoms with Gasteiger partial charge in [0.1, 0.15) is 12.4 Å². The molecule has 0 bridgehead atoms. The van der Waals surface area contributed by atoms with Crippen molar-refractivity contribution < 1.29 is 36.2 Å². The molecule has 7 nitrogen and oxygen atoms in total. The molecule has 4 rings (SSSR count). The van der Waals surface area contributed by atoms with E-state index in [0.29, 0.717) is 12.1 Å². The highest BCUT2D eigenvalue weighted by atomic mass is 32.2. The van der Waals surface area contributed by atoms with Gasteiger partial charge in [-0.3, -0.25) is 4.90 Å². The van der Waals surface area contributed by atoms with E-state index in [-0.39, 0.29) is 4.90 Å². The maximum atomic E-state index is 12.9. The Hall–Kier alpha value is -3.05. The van der Waals surface area contributed by atoms with Crippen molar-refractivity contribution in [2.75, 3.05) is 20.2 Å². The van der Waals surface area contributed by atoms with Gasteiger partial charge in [-0.15, -0.1) is 0 Å². The average Bonchev–Trinajstić information content (AvgIpc) is 3.06. The van der Waals surface area contributed by atoms with Gasteiger partial charge in [-0.1, -0.05) is 18.2 Å². The number of halogens is 3. The van der Waals surface area contributed by atoms with Gasteiger partial charge in [-0.05, 0) is 37.4 Å². The number of carbonyl (C=O) groups is 1. The minimum atomic E-state index is -5.08. The summed E-state index contributed by atoms with van der Waals surface area (Å²) in [7, 11) is -1.57. The lowest BCUT2D eigenvalue weighted by atomic mass is 10.1. The Morgan fingerprint density at radius 3 is 2.35 bits per heavy atom. The Morgan fingerprint density at radius 1 is 1.10 bits per heavy atom. The summed E-state index contributed by atoms with van der Waals surface area (Å²) in [4.78, 5) is 11.4. The molecule has 0 radical (unpaired) electrons. The van der Waals surface area contributed by atoms with E-state index in [2.05, 4.69) is 4.90 Å². The molecule has 0 amide bonds. The number of ether oxygens (including phenoxy) is 1. The van der Waals surface area contributed by atoms with E-state index in [4.69, 9.17) is 14.6 Å². The SMILES string of the molecule is CN1CCOc2ccc3c(ccn3S(=O)(=O)c3ccccc3)c2C1.O=C(O)C(F)(F)F. The number of rotatable bonds is 2. The highest BCUT2D eigenvalue weighted by Crippen LogP contribution is 2.33. The molecule has 31 heavy (non-hydrogen) atoms. The van der Waals surface area contributed by atoms with Crippen LogP contribution in [0.4, 0.5) is 13.2 Å². The number of carboxylic acids is 1. The molecular weight excluding hydrogens is 437 g/mol. The Labute approximate surface area is 176 Å². The van der Waals surface area contributed by atoms with Crippen molar-refractivity contribution in [3.8, 4) is 5.75 Å². The first-order valence-electron chi connectivity index (χ1n) is 9.07. The second-order valence-electron chi connectivity index (χ2n) is 6.79. The molecule has 0 aliphatic carbocycles. The van der Waals surface area contributed by atoms with E-state index in [1.54, 1.807) is 36.5 Å². The number of fused-ring (bicyclic) bond motifs is 3. The number of hydrogen-bond acceptors (Lipinski definition) is 5. The summed E-state index contributed by atoms with van der Waals surface area (Å²) < 4.78 is 64.8. The smallest absolute Gasteiger partial charge is 0.490 e. The van der Waals surface area contributed by atoms with Crippen LogP contribution in [-0.4, -0.2) is 54.7 Å². The molecule has 1 aliphatic heterocycles. The topological polar surface area (TPSA) is 88.8 Å². The Morgan fingerprint density at radius 2 is 1.74 bits per heavy atom. The second-order valence-corrected chi connectivity index (χ2v) is 8.61. The van der Waals surface area contributed by atoms with E-state index in [1.165, 1.54) is 3.97 Å². The third kappa shape index (κ3) is 4.83. The molecule has 1 N–H and O–H groups in total. The summed E-state index contributed by atoms with van der Waals surface area (Å²) in [5, 5.41) is 8.04. The third-order valence-corrected chi connectivity index (χ3v) is 6.31. The van der Waals surface area contributed by atoms with Gasteiger partial charge in [0.15, 0.2) is 0 Å². The molecule has 0 spiro atoms. The summed E-state index contributed by atoms with van der Waals surface area (Å²) in [6, 6.07) is 14.0. The van der Waals surface area contributed by atoms with E-state index in [1.807, 2.05) is 25.2 Å². The Bertz CT molecular complexity index is 1190.